The van der Waals surface area contributed by atoms with Crippen molar-refractivity contribution in [3.8, 4) is 5.75 Å². The summed E-state index contributed by atoms with van der Waals surface area (Å²) in [5, 5.41) is 0.950. The fourth-order valence-corrected chi connectivity index (χ4v) is 5.24. The Labute approximate surface area is 180 Å². The SMILES string of the molecule is C[C@H]1CN(S(=O)(=O)c2ccc(OCF)cc2)CCN1C(=O)c1ccc2cccnc2c1. The van der Waals surface area contributed by atoms with Crippen molar-refractivity contribution in [2.45, 2.75) is 17.9 Å². The van der Waals surface area contributed by atoms with Crippen molar-refractivity contribution in [3.05, 3.63) is 66.4 Å². The largest absolute Gasteiger partial charge is 0.463 e. The fourth-order valence-electron chi connectivity index (χ4n) is 3.73. The van der Waals surface area contributed by atoms with E-state index in [1.165, 1.54) is 28.6 Å². The molecule has 2 heterocycles. The molecular weight excluding hydrogens is 421 g/mol. The number of ether oxygens (including phenoxy) is 1. The minimum Gasteiger partial charge on any atom is -0.463 e. The molecule has 0 aliphatic carbocycles. The average molecular weight is 444 g/mol. The van der Waals surface area contributed by atoms with Gasteiger partial charge in [-0.25, -0.2) is 12.8 Å². The van der Waals surface area contributed by atoms with E-state index in [2.05, 4.69) is 4.98 Å². The lowest BCUT2D eigenvalue weighted by molar-refractivity contribution is 0.0591. The molecule has 2 aromatic carbocycles. The van der Waals surface area contributed by atoms with Gasteiger partial charge in [0.1, 0.15) is 5.75 Å². The quantitative estimate of drug-likeness (QED) is 0.606. The number of carbonyl (C=O) groups is 1. The molecule has 0 N–H and O–H groups in total. The third-order valence-electron chi connectivity index (χ3n) is 5.39. The van der Waals surface area contributed by atoms with Crippen LogP contribution in [0.15, 0.2) is 65.7 Å². The molecule has 162 valence electrons. The average Bonchev–Trinajstić information content (AvgIpc) is 2.79. The van der Waals surface area contributed by atoms with Gasteiger partial charge in [0.2, 0.25) is 16.9 Å². The molecule has 1 aromatic heterocycles. The monoisotopic (exact) mass is 443 g/mol. The third kappa shape index (κ3) is 4.24. The number of rotatable bonds is 5. The van der Waals surface area contributed by atoms with E-state index < -0.39 is 16.9 Å². The predicted molar refractivity (Wildman–Crippen MR) is 114 cm³/mol. The van der Waals surface area contributed by atoms with Crippen LogP contribution in [0.1, 0.15) is 17.3 Å². The molecule has 1 saturated heterocycles. The highest BCUT2D eigenvalue weighted by molar-refractivity contribution is 7.89. The lowest BCUT2D eigenvalue weighted by atomic mass is 10.1. The van der Waals surface area contributed by atoms with Gasteiger partial charge in [0.25, 0.3) is 5.91 Å². The summed E-state index contributed by atoms with van der Waals surface area (Å²) in [5.74, 6) is 0.111. The van der Waals surface area contributed by atoms with Crippen molar-refractivity contribution in [1.29, 1.82) is 0 Å². The number of fused-ring (bicyclic) bond motifs is 1. The Morgan fingerprint density at radius 3 is 2.65 bits per heavy atom. The number of sulfonamides is 1. The Morgan fingerprint density at radius 1 is 1.16 bits per heavy atom. The maximum atomic E-state index is 13.1. The Morgan fingerprint density at radius 2 is 1.94 bits per heavy atom. The summed E-state index contributed by atoms with van der Waals surface area (Å²) in [6, 6.07) is 14.5. The molecule has 0 unspecified atom stereocenters. The second-order valence-corrected chi connectivity index (χ2v) is 9.28. The van der Waals surface area contributed by atoms with Gasteiger partial charge in [-0.15, -0.1) is 0 Å². The van der Waals surface area contributed by atoms with Crippen LogP contribution < -0.4 is 4.74 Å². The van der Waals surface area contributed by atoms with E-state index in [9.17, 15) is 17.6 Å². The minimum atomic E-state index is -3.73. The van der Waals surface area contributed by atoms with Crippen LogP contribution in [0.25, 0.3) is 10.9 Å². The van der Waals surface area contributed by atoms with Gasteiger partial charge >= 0.3 is 0 Å². The number of carbonyl (C=O) groups excluding carboxylic acids is 1. The second kappa shape index (κ2) is 8.60. The number of alkyl halides is 1. The number of hydrogen-bond acceptors (Lipinski definition) is 5. The number of benzene rings is 2. The van der Waals surface area contributed by atoms with E-state index >= 15 is 0 Å². The minimum absolute atomic E-state index is 0.103. The number of aromatic nitrogens is 1. The third-order valence-corrected chi connectivity index (χ3v) is 7.27. The van der Waals surface area contributed by atoms with Gasteiger partial charge in [0, 0.05) is 42.8 Å². The van der Waals surface area contributed by atoms with Crippen LogP contribution >= 0.6 is 0 Å². The maximum Gasteiger partial charge on any atom is 0.254 e. The molecule has 0 spiro atoms. The van der Waals surface area contributed by atoms with E-state index in [1.54, 1.807) is 23.2 Å². The molecule has 1 aliphatic heterocycles. The molecule has 1 aliphatic rings. The summed E-state index contributed by atoms with van der Waals surface area (Å²) < 4.78 is 44.3. The zero-order chi connectivity index (χ0) is 22.0. The molecule has 0 bridgehead atoms. The standard InChI is InChI=1S/C22H22FN3O4S/c1-16-14-25(31(28,29)20-8-6-19(7-9-20)30-15-23)11-12-26(16)22(27)18-5-4-17-3-2-10-24-21(17)13-18/h2-10,13,16H,11-12,14-15H2,1H3/t16-/m0/s1. The summed E-state index contributed by atoms with van der Waals surface area (Å²) >= 11 is 0. The van der Waals surface area contributed by atoms with Gasteiger partial charge in [-0.3, -0.25) is 9.78 Å². The fraction of sp³-hybridized carbons (Fsp3) is 0.273. The van der Waals surface area contributed by atoms with Crippen molar-refractivity contribution in [2.24, 2.45) is 0 Å². The lowest BCUT2D eigenvalue weighted by Crippen LogP contribution is -2.55. The first-order valence-corrected chi connectivity index (χ1v) is 11.3. The molecule has 9 heteroatoms. The van der Waals surface area contributed by atoms with Crippen molar-refractivity contribution >= 4 is 26.8 Å². The van der Waals surface area contributed by atoms with Crippen LogP contribution in [0.5, 0.6) is 5.75 Å². The van der Waals surface area contributed by atoms with Crippen molar-refractivity contribution in [2.75, 3.05) is 26.5 Å². The highest BCUT2D eigenvalue weighted by Crippen LogP contribution is 2.24. The number of amides is 1. The number of nitrogens with zero attached hydrogens (tertiary/aromatic N) is 3. The van der Waals surface area contributed by atoms with Gasteiger partial charge < -0.3 is 9.64 Å². The zero-order valence-electron chi connectivity index (χ0n) is 16.9. The van der Waals surface area contributed by atoms with E-state index in [-0.39, 0.29) is 42.2 Å². The van der Waals surface area contributed by atoms with Crippen LogP contribution in [0.3, 0.4) is 0 Å². The van der Waals surface area contributed by atoms with Crippen LogP contribution in [-0.2, 0) is 10.0 Å². The highest BCUT2D eigenvalue weighted by Gasteiger charge is 2.34. The Hall–Kier alpha value is -3.04. The van der Waals surface area contributed by atoms with Gasteiger partial charge in [0.05, 0.1) is 10.4 Å². The van der Waals surface area contributed by atoms with Gasteiger partial charge in [-0.2, -0.15) is 4.31 Å². The van der Waals surface area contributed by atoms with Crippen LogP contribution in [0.2, 0.25) is 0 Å². The van der Waals surface area contributed by atoms with Crippen molar-refractivity contribution < 1.29 is 22.3 Å². The highest BCUT2D eigenvalue weighted by atomic mass is 32.2. The Kier molecular flexibility index (Phi) is 5.88. The van der Waals surface area contributed by atoms with Gasteiger partial charge in [-0.1, -0.05) is 12.1 Å². The summed E-state index contributed by atoms with van der Waals surface area (Å²) in [7, 11) is -3.73. The summed E-state index contributed by atoms with van der Waals surface area (Å²) in [4.78, 5) is 19.2. The first-order valence-electron chi connectivity index (χ1n) is 9.85. The van der Waals surface area contributed by atoms with Crippen LogP contribution in [0, 0.1) is 0 Å². The number of halogens is 1. The zero-order valence-corrected chi connectivity index (χ0v) is 17.8. The number of pyridine rings is 1. The molecule has 1 fully saturated rings. The summed E-state index contributed by atoms with van der Waals surface area (Å²) in [5.41, 5.74) is 1.26. The van der Waals surface area contributed by atoms with E-state index in [0.717, 1.165) is 10.9 Å². The van der Waals surface area contributed by atoms with Crippen LogP contribution in [-0.4, -0.2) is 61.1 Å². The van der Waals surface area contributed by atoms with Gasteiger partial charge in [-0.05, 0) is 49.4 Å². The normalized spacial score (nSPS) is 17.6. The lowest BCUT2D eigenvalue weighted by Gasteiger charge is -2.39. The molecule has 1 atom stereocenters. The maximum absolute atomic E-state index is 13.1. The number of hydrogen-bond donors (Lipinski definition) is 0. The molecule has 0 saturated carbocycles. The molecule has 3 aromatic rings. The first-order chi connectivity index (χ1) is 14.9. The first kappa shape index (κ1) is 21.2. The molecule has 1 amide bonds. The second-order valence-electron chi connectivity index (χ2n) is 7.35. The molecule has 7 nitrogen and oxygen atoms in total. The van der Waals surface area contributed by atoms with Crippen molar-refractivity contribution in [1.82, 2.24) is 14.2 Å². The molecular formula is C22H22FN3O4S. The predicted octanol–water partition coefficient (Wildman–Crippen LogP) is 3.08. The summed E-state index contributed by atoms with van der Waals surface area (Å²) in [6.45, 7) is 1.50. The Balaban J connectivity index is 1.48. The summed E-state index contributed by atoms with van der Waals surface area (Å²) in [6.07, 6.45) is 1.68. The van der Waals surface area contributed by atoms with Gasteiger partial charge in [0.15, 0.2) is 0 Å². The number of piperazine rings is 1. The molecule has 4 rings (SSSR count). The molecule has 31 heavy (non-hydrogen) atoms. The molecule has 0 radical (unpaired) electrons. The van der Waals surface area contributed by atoms with Crippen molar-refractivity contribution in [3.63, 3.8) is 0 Å². The smallest absolute Gasteiger partial charge is 0.254 e. The van der Waals surface area contributed by atoms with E-state index in [1.807, 2.05) is 25.1 Å². The topological polar surface area (TPSA) is 79.8 Å². The van der Waals surface area contributed by atoms with E-state index in [4.69, 9.17) is 4.74 Å². The van der Waals surface area contributed by atoms with Crippen LogP contribution in [0.4, 0.5) is 4.39 Å². The van der Waals surface area contributed by atoms with E-state index in [0.29, 0.717) is 5.56 Å². The Bertz CT molecular complexity index is 1200.